The second kappa shape index (κ2) is 11.4. The van der Waals surface area contributed by atoms with Gasteiger partial charge in [0, 0.05) is 15.7 Å². The lowest BCUT2D eigenvalue weighted by molar-refractivity contribution is -0.119. The van der Waals surface area contributed by atoms with Crippen LogP contribution >= 0.6 is 22.6 Å². The van der Waals surface area contributed by atoms with Gasteiger partial charge in [0.05, 0.1) is 31.9 Å². The van der Waals surface area contributed by atoms with Gasteiger partial charge in [0.1, 0.15) is 6.54 Å². The van der Waals surface area contributed by atoms with Crippen molar-refractivity contribution in [2.45, 2.75) is 11.4 Å². The topological polar surface area (TPSA) is 94.2 Å². The van der Waals surface area contributed by atoms with Gasteiger partial charge in [-0.25, -0.2) is 8.42 Å². The minimum atomic E-state index is -3.97. The summed E-state index contributed by atoms with van der Waals surface area (Å²) in [6.07, 6.45) is 0. The zero-order valence-corrected chi connectivity index (χ0v) is 21.9. The number of sulfonamides is 1. The molecule has 0 unspecified atom stereocenters. The van der Waals surface area contributed by atoms with E-state index in [1.165, 1.54) is 33.5 Å². The van der Waals surface area contributed by atoms with E-state index < -0.39 is 22.5 Å². The predicted molar refractivity (Wildman–Crippen MR) is 138 cm³/mol. The van der Waals surface area contributed by atoms with Gasteiger partial charge in [0.15, 0.2) is 11.5 Å². The highest BCUT2D eigenvalue weighted by Crippen LogP contribution is 2.39. The highest BCUT2D eigenvalue weighted by molar-refractivity contribution is 14.1. The summed E-state index contributed by atoms with van der Waals surface area (Å²) in [4.78, 5) is 13.0. The molecule has 10 heteroatoms. The summed E-state index contributed by atoms with van der Waals surface area (Å²) >= 11 is 2.14. The molecule has 0 atom stereocenters. The summed E-state index contributed by atoms with van der Waals surface area (Å²) in [5, 5.41) is 2.77. The van der Waals surface area contributed by atoms with Gasteiger partial charge in [-0.15, -0.1) is 0 Å². The van der Waals surface area contributed by atoms with Gasteiger partial charge in [0.25, 0.3) is 10.0 Å². The molecule has 0 spiro atoms. The molecule has 0 aliphatic carbocycles. The molecule has 0 aliphatic heterocycles. The van der Waals surface area contributed by atoms with Crippen LogP contribution in [0.25, 0.3) is 0 Å². The number of amides is 1. The van der Waals surface area contributed by atoms with Gasteiger partial charge >= 0.3 is 0 Å². The van der Waals surface area contributed by atoms with Crippen molar-refractivity contribution >= 4 is 44.2 Å². The van der Waals surface area contributed by atoms with E-state index in [0.717, 1.165) is 7.88 Å². The van der Waals surface area contributed by atoms with Crippen molar-refractivity contribution in [2.75, 3.05) is 32.2 Å². The molecule has 0 saturated carbocycles. The maximum atomic E-state index is 13.4. The average Bonchev–Trinajstić information content (AvgIpc) is 2.86. The van der Waals surface area contributed by atoms with Crippen molar-refractivity contribution in [3.8, 4) is 17.2 Å². The molecule has 0 heterocycles. The van der Waals surface area contributed by atoms with Crippen LogP contribution in [0, 0.1) is 3.57 Å². The Kier molecular flexibility index (Phi) is 8.61. The largest absolute Gasteiger partial charge is 0.493 e. The number of ether oxygens (including phenoxy) is 3. The first kappa shape index (κ1) is 25.6. The van der Waals surface area contributed by atoms with E-state index in [2.05, 4.69) is 27.9 Å². The minimum absolute atomic E-state index is 0.0999. The van der Waals surface area contributed by atoms with Crippen molar-refractivity contribution < 1.29 is 27.4 Å². The van der Waals surface area contributed by atoms with Crippen LogP contribution in [0.3, 0.4) is 0 Å². The zero-order chi connectivity index (χ0) is 24.7. The molecule has 8 nitrogen and oxygen atoms in total. The summed E-state index contributed by atoms with van der Waals surface area (Å²) in [6.45, 7) is -0.290. The third kappa shape index (κ3) is 5.73. The van der Waals surface area contributed by atoms with Gasteiger partial charge in [-0.2, -0.15) is 0 Å². The van der Waals surface area contributed by atoms with E-state index in [-0.39, 0.29) is 11.4 Å². The standard InChI is InChI=1S/C24H25IN2O6S/c1-31-21-14-9-17(23(32-2)24(21)33-3)15-26-22(28)16-27(19-12-10-18(25)11-13-19)34(29,30)20-7-5-4-6-8-20/h4-14H,15-16H2,1-3H3,(H,26,28). The molecular formula is C24H25IN2O6S. The maximum absolute atomic E-state index is 13.4. The molecule has 3 rings (SSSR count). The summed E-state index contributed by atoms with van der Waals surface area (Å²) < 4.78 is 44.9. The average molecular weight is 596 g/mol. The van der Waals surface area contributed by atoms with Crippen LogP contribution in [0.2, 0.25) is 0 Å². The van der Waals surface area contributed by atoms with Crippen LogP contribution in [0.4, 0.5) is 5.69 Å². The van der Waals surface area contributed by atoms with Gasteiger partial charge in [-0.3, -0.25) is 9.10 Å². The van der Waals surface area contributed by atoms with Crippen LogP contribution in [-0.2, 0) is 21.4 Å². The number of carbonyl (C=O) groups is 1. The first-order valence-electron chi connectivity index (χ1n) is 10.2. The Morgan fingerprint density at radius 2 is 1.53 bits per heavy atom. The molecule has 180 valence electrons. The fourth-order valence-electron chi connectivity index (χ4n) is 3.32. The Bertz CT molecular complexity index is 1230. The number of halogens is 1. The Balaban J connectivity index is 1.85. The van der Waals surface area contributed by atoms with E-state index in [4.69, 9.17) is 14.2 Å². The lowest BCUT2D eigenvalue weighted by atomic mass is 10.1. The van der Waals surface area contributed by atoms with Gasteiger partial charge in [0.2, 0.25) is 11.7 Å². The molecule has 34 heavy (non-hydrogen) atoms. The van der Waals surface area contributed by atoms with E-state index in [9.17, 15) is 13.2 Å². The predicted octanol–water partition coefficient (Wildman–Crippen LogP) is 3.83. The summed E-state index contributed by atoms with van der Waals surface area (Å²) in [7, 11) is 0.540. The third-order valence-corrected chi connectivity index (χ3v) is 7.50. The first-order valence-corrected chi connectivity index (χ1v) is 12.7. The lowest BCUT2D eigenvalue weighted by Gasteiger charge is -2.24. The molecule has 0 saturated heterocycles. The number of nitrogens with zero attached hydrogens (tertiary/aromatic N) is 1. The van der Waals surface area contributed by atoms with Crippen LogP contribution in [0.5, 0.6) is 17.2 Å². The number of hydrogen-bond acceptors (Lipinski definition) is 6. The molecule has 3 aromatic carbocycles. The number of anilines is 1. The van der Waals surface area contributed by atoms with Crippen LogP contribution in [0.1, 0.15) is 5.56 Å². The Morgan fingerprint density at radius 1 is 0.882 bits per heavy atom. The second-order valence-corrected chi connectivity index (χ2v) is 10.2. The summed E-state index contributed by atoms with van der Waals surface area (Å²) in [6, 6.07) is 18.4. The highest BCUT2D eigenvalue weighted by atomic mass is 127. The van der Waals surface area contributed by atoms with E-state index in [0.29, 0.717) is 28.5 Å². The maximum Gasteiger partial charge on any atom is 0.264 e. The Hall–Kier alpha value is -2.99. The monoisotopic (exact) mass is 596 g/mol. The molecule has 0 fully saturated rings. The van der Waals surface area contributed by atoms with Crippen molar-refractivity contribution in [1.29, 1.82) is 0 Å². The number of benzene rings is 3. The summed E-state index contributed by atoms with van der Waals surface area (Å²) in [5.41, 5.74) is 1.04. The van der Waals surface area contributed by atoms with E-state index >= 15 is 0 Å². The summed E-state index contributed by atoms with van der Waals surface area (Å²) in [5.74, 6) is 0.848. The number of rotatable bonds is 10. The SMILES string of the molecule is COc1ccc(CNC(=O)CN(c2ccc(I)cc2)S(=O)(=O)c2ccccc2)c(OC)c1OC. The second-order valence-electron chi connectivity index (χ2n) is 7.07. The molecule has 3 aromatic rings. The van der Waals surface area contributed by atoms with E-state index in [1.807, 2.05) is 0 Å². The van der Waals surface area contributed by atoms with Crippen LogP contribution in [0.15, 0.2) is 71.6 Å². The fourth-order valence-corrected chi connectivity index (χ4v) is 5.13. The molecule has 0 radical (unpaired) electrons. The first-order chi connectivity index (χ1) is 16.3. The highest BCUT2D eigenvalue weighted by Gasteiger charge is 2.27. The zero-order valence-electron chi connectivity index (χ0n) is 18.9. The van der Waals surface area contributed by atoms with Crippen molar-refractivity contribution in [1.82, 2.24) is 5.32 Å². The molecule has 1 N–H and O–H groups in total. The Labute approximate surface area is 213 Å². The molecular weight excluding hydrogens is 571 g/mol. The molecule has 0 bridgehead atoms. The quantitative estimate of drug-likeness (QED) is 0.358. The van der Waals surface area contributed by atoms with Gasteiger partial charge < -0.3 is 19.5 Å². The van der Waals surface area contributed by atoms with Crippen molar-refractivity contribution in [2.24, 2.45) is 0 Å². The van der Waals surface area contributed by atoms with Gasteiger partial charge in [-0.05, 0) is 71.1 Å². The molecule has 0 aromatic heterocycles. The normalized spacial score (nSPS) is 10.9. The lowest BCUT2D eigenvalue weighted by Crippen LogP contribution is -2.40. The fraction of sp³-hybridized carbons (Fsp3) is 0.208. The Morgan fingerprint density at radius 3 is 2.12 bits per heavy atom. The van der Waals surface area contributed by atoms with Crippen LogP contribution < -0.4 is 23.8 Å². The van der Waals surface area contributed by atoms with Crippen molar-refractivity contribution in [3.05, 3.63) is 75.9 Å². The van der Waals surface area contributed by atoms with Crippen LogP contribution in [-0.4, -0.2) is 42.2 Å². The molecule has 0 aliphatic rings. The molecule has 1 amide bonds. The third-order valence-electron chi connectivity index (χ3n) is 4.99. The number of nitrogens with one attached hydrogen (secondary N) is 1. The van der Waals surface area contributed by atoms with Crippen molar-refractivity contribution in [3.63, 3.8) is 0 Å². The number of carbonyl (C=O) groups excluding carboxylic acids is 1. The number of methoxy groups -OCH3 is 3. The number of hydrogen-bond donors (Lipinski definition) is 1. The smallest absolute Gasteiger partial charge is 0.264 e. The van der Waals surface area contributed by atoms with Gasteiger partial charge in [-0.1, -0.05) is 18.2 Å². The van der Waals surface area contributed by atoms with E-state index in [1.54, 1.807) is 54.6 Å². The minimum Gasteiger partial charge on any atom is -0.493 e.